The van der Waals surface area contributed by atoms with E-state index in [2.05, 4.69) is 0 Å². The van der Waals surface area contributed by atoms with Gasteiger partial charge in [-0.15, -0.1) is 0 Å². The summed E-state index contributed by atoms with van der Waals surface area (Å²) >= 11 is 0. The highest BCUT2D eigenvalue weighted by Gasteiger charge is 2.33. The van der Waals surface area contributed by atoms with Gasteiger partial charge in [0.25, 0.3) is 0 Å². The molecular weight excluding hydrogens is 244 g/mol. The molecule has 0 aromatic heterocycles. The van der Waals surface area contributed by atoms with Crippen molar-refractivity contribution in [2.45, 2.75) is 37.0 Å². The van der Waals surface area contributed by atoms with E-state index in [1.54, 1.807) is 24.3 Å². The molecule has 1 saturated carbocycles. The molecule has 0 saturated heterocycles. The molecule has 3 heteroatoms. The minimum atomic E-state index is -3.24. The quantitative estimate of drug-likeness (QED) is 0.816. The minimum Gasteiger partial charge on any atom is -0.219 e. The maximum Gasteiger partial charge on any atom is 0.202 e. The van der Waals surface area contributed by atoms with Crippen molar-refractivity contribution >= 4 is 9.84 Å². The molecule has 2 nitrogen and oxygen atoms in total. The van der Waals surface area contributed by atoms with Crippen molar-refractivity contribution in [3.05, 3.63) is 41.3 Å². The van der Waals surface area contributed by atoms with Gasteiger partial charge in [-0.05, 0) is 49.7 Å². The minimum absolute atomic E-state index is 0.438. The van der Waals surface area contributed by atoms with E-state index in [1.165, 1.54) is 19.3 Å². The van der Waals surface area contributed by atoms with Crippen molar-refractivity contribution in [3.63, 3.8) is 0 Å². The molecule has 2 atom stereocenters. The number of benzene rings is 1. The zero-order chi connectivity index (χ0) is 12.6. The molecule has 0 amide bonds. The Hall–Kier alpha value is -1.09. The topological polar surface area (TPSA) is 34.1 Å². The van der Waals surface area contributed by atoms with Gasteiger partial charge in [0.15, 0.2) is 0 Å². The summed E-state index contributed by atoms with van der Waals surface area (Å²) in [5.74, 6) is 1.24. The van der Waals surface area contributed by atoms with E-state index >= 15 is 0 Å². The third kappa shape index (κ3) is 2.01. The molecule has 1 aromatic rings. The summed E-state index contributed by atoms with van der Waals surface area (Å²) < 4.78 is 25.0. The zero-order valence-electron chi connectivity index (χ0n) is 10.4. The molecule has 0 unspecified atom stereocenters. The molecule has 0 aliphatic heterocycles. The number of rotatable bonds is 2. The van der Waals surface area contributed by atoms with Crippen LogP contribution in [0.15, 0.2) is 46.2 Å². The Morgan fingerprint density at radius 1 is 1.00 bits per heavy atom. The van der Waals surface area contributed by atoms with Gasteiger partial charge < -0.3 is 0 Å². The van der Waals surface area contributed by atoms with Gasteiger partial charge in [0.05, 0.1) is 4.90 Å². The van der Waals surface area contributed by atoms with Gasteiger partial charge in [-0.2, -0.15) is 0 Å². The number of hydrogen-bond donors (Lipinski definition) is 0. The molecular formula is C15H18O2S. The Kier molecular flexibility index (Phi) is 3.02. The molecule has 0 heterocycles. The van der Waals surface area contributed by atoms with Crippen LogP contribution in [0.25, 0.3) is 0 Å². The molecule has 96 valence electrons. The van der Waals surface area contributed by atoms with Crippen LogP contribution in [0.3, 0.4) is 0 Å². The predicted molar refractivity (Wildman–Crippen MR) is 71.8 cm³/mol. The van der Waals surface area contributed by atoms with Crippen LogP contribution in [0.4, 0.5) is 0 Å². The SMILES string of the molecule is O=S(=O)(C1=C[C@H]2CCC[C@H]2CC1)c1ccccc1. The standard InChI is InChI=1S/C15H18O2S/c16-18(17,14-7-2-1-3-8-14)15-10-9-12-5-4-6-13(12)11-15/h1-3,7-8,11-13H,4-6,9-10H2/t12-,13+/m0/s1. The lowest BCUT2D eigenvalue weighted by atomic mass is 9.87. The fourth-order valence-electron chi connectivity index (χ4n) is 3.27. The Bertz CT molecular complexity index is 557. The van der Waals surface area contributed by atoms with Crippen molar-refractivity contribution in [1.29, 1.82) is 0 Å². The van der Waals surface area contributed by atoms with Crippen LogP contribution in [0.1, 0.15) is 32.1 Å². The Morgan fingerprint density at radius 3 is 2.56 bits per heavy atom. The highest BCUT2D eigenvalue weighted by atomic mass is 32.2. The molecule has 0 bridgehead atoms. The maximum atomic E-state index is 12.5. The smallest absolute Gasteiger partial charge is 0.202 e. The predicted octanol–water partition coefficient (Wildman–Crippen LogP) is 3.55. The van der Waals surface area contributed by atoms with Gasteiger partial charge in [0, 0.05) is 4.91 Å². The van der Waals surface area contributed by atoms with Crippen molar-refractivity contribution < 1.29 is 8.42 Å². The third-order valence-electron chi connectivity index (χ3n) is 4.28. The lowest BCUT2D eigenvalue weighted by Gasteiger charge is -2.24. The number of fused-ring (bicyclic) bond motifs is 1. The summed E-state index contributed by atoms with van der Waals surface area (Å²) in [6.45, 7) is 0. The van der Waals surface area contributed by atoms with Gasteiger partial charge in [-0.1, -0.05) is 30.7 Å². The number of allylic oxidation sites excluding steroid dienone is 2. The first-order valence-electron chi connectivity index (χ1n) is 6.69. The van der Waals surface area contributed by atoms with Gasteiger partial charge in [0.1, 0.15) is 0 Å². The Morgan fingerprint density at radius 2 is 1.78 bits per heavy atom. The van der Waals surface area contributed by atoms with Crippen LogP contribution in [-0.2, 0) is 9.84 Å². The van der Waals surface area contributed by atoms with E-state index < -0.39 is 9.84 Å². The summed E-state index contributed by atoms with van der Waals surface area (Å²) in [6.07, 6.45) is 7.51. The van der Waals surface area contributed by atoms with Crippen LogP contribution in [-0.4, -0.2) is 8.42 Å². The number of hydrogen-bond acceptors (Lipinski definition) is 2. The average Bonchev–Trinajstić information content (AvgIpc) is 2.87. The van der Waals surface area contributed by atoms with Crippen molar-refractivity contribution in [2.75, 3.05) is 0 Å². The Balaban J connectivity index is 1.95. The molecule has 0 radical (unpaired) electrons. The van der Waals surface area contributed by atoms with E-state index in [0.29, 0.717) is 15.7 Å². The van der Waals surface area contributed by atoms with Crippen LogP contribution >= 0.6 is 0 Å². The van der Waals surface area contributed by atoms with Gasteiger partial charge >= 0.3 is 0 Å². The third-order valence-corrected chi connectivity index (χ3v) is 6.20. The van der Waals surface area contributed by atoms with Crippen molar-refractivity contribution in [3.8, 4) is 0 Å². The highest BCUT2D eigenvalue weighted by Crippen LogP contribution is 2.42. The van der Waals surface area contributed by atoms with E-state index in [1.807, 2.05) is 12.1 Å². The molecule has 3 rings (SSSR count). The normalized spacial score (nSPS) is 27.7. The second-order valence-electron chi connectivity index (χ2n) is 5.34. The van der Waals surface area contributed by atoms with Gasteiger partial charge in [0.2, 0.25) is 9.84 Å². The molecule has 2 aliphatic rings. The van der Waals surface area contributed by atoms with E-state index in [-0.39, 0.29) is 0 Å². The first-order chi connectivity index (χ1) is 8.68. The van der Waals surface area contributed by atoms with Crippen molar-refractivity contribution in [1.82, 2.24) is 0 Å². The summed E-state index contributed by atoms with van der Waals surface area (Å²) in [7, 11) is -3.24. The second-order valence-corrected chi connectivity index (χ2v) is 7.35. The molecule has 1 aromatic carbocycles. The highest BCUT2D eigenvalue weighted by molar-refractivity contribution is 7.95. The monoisotopic (exact) mass is 262 g/mol. The largest absolute Gasteiger partial charge is 0.219 e. The molecule has 1 fully saturated rings. The summed E-state index contributed by atoms with van der Waals surface area (Å²) in [5, 5.41) is 0. The van der Waals surface area contributed by atoms with E-state index in [4.69, 9.17) is 0 Å². The van der Waals surface area contributed by atoms with Crippen LogP contribution in [0.5, 0.6) is 0 Å². The van der Waals surface area contributed by atoms with Crippen LogP contribution < -0.4 is 0 Å². The Labute approximate surface area is 109 Å². The summed E-state index contributed by atoms with van der Waals surface area (Å²) in [5.41, 5.74) is 0. The van der Waals surface area contributed by atoms with Crippen LogP contribution in [0, 0.1) is 11.8 Å². The molecule has 18 heavy (non-hydrogen) atoms. The summed E-state index contributed by atoms with van der Waals surface area (Å²) in [4.78, 5) is 1.09. The average molecular weight is 262 g/mol. The first-order valence-corrected chi connectivity index (χ1v) is 8.17. The zero-order valence-corrected chi connectivity index (χ0v) is 11.2. The lowest BCUT2D eigenvalue weighted by molar-refractivity contribution is 0.407. The number of sulfone groups is 1. The van der Waals surface area contributed by atoms with Gasteiger partial charge in [-0.25, -0.2) is 8.42 Å². The first kappa shape index (κ1) is 12.0. The lowest BCUT2D eigenvalue weighted by Crippen LogP contribution is -2.16. The maximum absolute atomic E-state index is 12.5. The molecule has 2 aliphatic carbocycles. The molecule has 0 spiro atoms. The van der Waals surface area contributed by atoms with Crippen LogP contribution in [0.2, 0.25) is 0 Å². The molecule has 0 N–H and O–H groups in total. The van der Waals surface area contributed by atoms with Crippen molar-refractivity contribution in [2.24, 2.45) is 11.8 Å². The fourth-order valence-corrected chi connectivity index (χ4v) is 4.83. The van der Waals surface area contributed by atoms with Gasteiger partial charge in [-0.3, -0.25) is 0 Å². The summed E-state index contributed by atoms with van der Waals surface area (Å²) in [6, 6.07) is 8.80. The van der Waals surface area contributed by atoms with E-state index in [0.717, 1.165) is 18.8 Å². The fraction of sp³-hybridized carbons (Fsp3) is 0.467. The van der Waals surface area contributed by atoms with E-state index in [9.17, 15) is 8.42 Å². The second kappa shape index (κ2) is 4.54.